The zero-order valence-electron chi connectivity index (χ0n) is 9.11. The molecule has 2 heterocycles. The van der Waals surface area contributed by atoms with E-state index in [-0.39, 0.29) is 26.3 Å². The van der Waals surface area contributed by atoms with E-state index >= 15 is 0 Å². The van der Waals surface area contributed by atoms with Crippen LogP contribution in [0.5, 0.6) is 0 Å². The molecule has 0 radical (unpaired) electrons. The molecule has 0 N–H and O–H groups in total. The molecule has 0 saturated heterocycles. The van der Waals surface area contributed by atoms with Gasteiger partial charge in [-0.3, -0.25) is 0 Å². The van der Waals surface area contributed by atoms with Gasteiger partial charge in [-0.25, -0.2) is 9.97 Å². The molecule has 96 valence electrons. The monoisotopic (exact) mass is 332 g/mol. The molecule has 0 atom stereocenters. The standard InChI is InChI=1S/C11H4Cl4N4/c12-7-1-5(2-8(13)17-7)11(19-16)6-3-9(14)18-10(15)4-6/h1-4H. The van der Waals surface area contributed by atoms with E-state index < -0.39 is 0 Å². The van der Waals surface area contributed by atoms with Crippen LogP contribution in [0.15, 0.2) is 24.3 Å². The highest BCUT2D eigenvalue weighted by molar-refractivity contribution is 6.34. The van der Waals surface area contributed by atoms with Crippen LogP contribution < -0.4 is 0 Å². The first-order valence-corrected chi connectivity index (χ1v) is 6.40. The summed E-state index contributed by atoms with van der Waals surface area (Å²) in [5, 5.41) is 0.703. The molecule has 2 rings (SSSR count). The number of pyridine rings is 2. The van der Waals surface area contributed by atoms with Gasteiger partial charge in [-0.05, 0) is 24.3 Å². The second-order valence-electron chi connectivity index (χ2n) is 3.45. The van der Waals surface area contributed by atoms with Crippen molar-refractivity contribution >= 4 is 52.1 Å². The van der Waals surface area contributed by atoms with E-state index in [2.05, 4.69) is 14.8 Å². The van der Waals surface area contributed by atoms with Crippen LogP contribution >= 0.6 is 46.4 Å². The van der Waals surface area contributed by atoms with Crippen LogP contribution in [0.1, 0.15) is 11.1 Å². The fourth-order valence-corrected chi connectivity index (χ4v) is 2.41. The van der Waals surface area contributed by atoms with E-state index in [1.807, 2.05) is 0 Å². The Bertz CT molecular complexity index is 601. The molecule has 0 amide bonds. The predicted octanol–water partition coefficient (Wildman–Crippen LogP) is 4.16. The first-order chi connectivity index (χ1) is 8.99. The third-order valence-electron chi connectivity index (χ3n) is 2.17. The van der Waals surface area contributed by atoms with Gasteiger partial charge in [-0.2, -0.15) is 4.79 Å². The van der Waals surface area contributed by atoms with Crippen molar-refractivity contribution in [3.8, 4) is 0 Å². The molecule has 0 aliphatic rings. The van der Waals surface area contributed by atoms with Crippen molar-refractivity contribution in [2.75, 3.05) is 0 Å². The summed E-state index contributed by atoms with van der Waals surface area (Å²) in [7, 11) is 0. The Morgan fingerprint density at radius 2 is 1.11 bits per heavy atom. The summed E-state index contributed by atoms with van der Waals surface area (Å²) >= 11 is 23.2. The highest BCUT2D eigenvalue weighted by atomic mass is 35.5. The number of aromatic nitrogens is 2. The summed E-state index contributed by atoms with van der Waals surface area (Å²) in [4.78, 5) is 10.8. The third kappa shape index (κ3) is 3.44. The molecule has 0 aromatic carbocycles. The van der Waals surface area contributed by atoms with Crippen molar-refractivity contribution in [1.82, 2.24) is 9.97 Å². The molecule has 0 bridgehead atoms. The van der Waals surface area contributed by atoms with Crippen molar-refractivity contribution in [2.24, 2.45) is 0 Å². The number of halogens is 4. The van der Waals surface area contributed by atoms with E-state index in [0.29, 0.717) is 11.1 Å². The summed E-state index contributed by atoms with van der Waals surface area (Å²) in [6.07, 6.45) is 0. The van der Waals surface area contributed by atoms with Gasteiger partial charge < -0.3 is 5.53 Å². The minimum absolute atomic E-state index is 0.176. The minimum atomic E-state index is 0.176. The minimum Gasteiger partial charge on any atom is -0.361 e. The molecule has 0 spiro atoms. The van der Waals surface area contributed by atoms with Gasteiger partial charge in [0.1, 0.15) is 20.6 Å². The maximum Gasteiger partial charge on any atom is 0.330 e. The molecule has 0 unspecified atom stereocenters. The summed E-state index contributed by atoms with van der Waals surface area (Å²) in [5.74, 6) is 0. The Hall–Kier alpha value is -1.16. The Kier molecular flexibility index (Phi) is 4.40. The van der Waals surface area contributed by atoms with Gasteiger partial charge in [0.25, 0.3) is 0 Å². The van der Waals surface area contributed by atoms with Crippen LogP contribution in [-0.4, -0.2) is 20.5 Å². The molecular formula is C11H4Cl4N4. The Balaban J connectivity index is 2.60. The molecule has 0 fully saturated rings. The van der Waals surface area contributed by atoms with Gasteiger partial charge in [-0.1, -0.05) is 46.4 Å². The van der Waals surface area contributed by atoms with Crippen molar-refractivity contribution in [3.05, 3.63) is 61.5 Å². The molecule has 0 aliphatic carbocycles. The van der Waals surface area contributed by atoms with Gasteiger partial charge in [0.2, 0.25) is 0 Å². The molecule has 2 aromatic heterocycles. The van der Waals surface area contributed by atoms with Gasteiger partial charge in [0.05, 0.1) is 11.1 Å². The maximum absolute atomic E-state index is 9.17. The summed E-state index contributed by atoms with van der Waals surface area (Å²) in [6.45, 7) is 0. The van der Waals surface area contributed by atoms with Crippen LogP contribution in [0.4, 0.5) is 0 Å². The lowest BCUT2D eigenvalue weighted by Crippen LogP contribution is -2.06. The molecule has 0 saturated carbocycles. The normalized spacial score (nSPS) is 10.1. The quantitative estimate of drug-likeness (QED) is 0.358. The smallest absolute Gasteiger partial charge is 0.330 e. The Morgan fingerprint density at radius 3 is 1.37 bits per heavy atom. The topological polar surface area (TPSA) is 62.2 Å². The van der Waals surface area contributed by atoms with Crippen molar-refractivity contribution in [3.63, 3.8) is 0 Å². The van der Waals surface area contributed by atoms with Gasteiger partial charge in [0.15, 0.2) is 0 Å². The summed E-state index contributed by atoms with van der Waals surface area (Å²) in [6, 6.07) is 6.02. The average molecular weight is 334 g/mol. The maximum atomic E-state index is 9.17. The molecule has 4 nitrogen and oxygen atoms in total. The van der Waals surface area contributed by atoms with E-state index in [0.717, 1.165) is 0 Å². The zero-order valence-corrected chi connectivity index (χ0v) is 12.1. The molecule has 8 heteroatoms. The first kappa shape index (κ1) is 14.3. The zero-order chi connectivity index (χ0) is 14.0. The van der Waals surface area contributed by atoms with E-state index in [9.17, 15) is 5.53 Å². The second-order valence-corrected chi connectivity index (χ2v) is 5.00. The van der Waals surface area contributed by atoms with Crippen LogP contribution in [0.3, 0.4) is 0 Å². The molecule has 2 aromatic rings. The highest BCUT2D eigenvalue weighted by Gasteiger charge is 2.19. The van der Waals surface area contributed by atoms with Crippen LogP contribution in [0, 0.1) is 0 Å². The van der Waals surface area contributed by atoms with Crippen molar-refractivity contribution in [1.29, 1.82) is 0 Å². The van der Waals surface area contributed by atoms with E-state index in [4.69, 9.17) is 46.4 Å². The van der Waals surface area contributed by atoms with Crippen molar-refractivity contribution in [2.45, 2.75) is 0 Å². The fraction of sp³-hybridized carbons (Fsp3) is 0. The fourth-order valence-electron chi connectivity index (χ4n) is 1.49. The number of nitrogens with zero attached hydrogens (tertiary/aromatic N) is 4. The predicted molar refractivity (Wildman–Crippen MR) is 75.3 cm³/mol. The summed E-state index contributed by atoms with van der Waals surface area (Å²) < 4.78 is 0. The average Bonchev–Trinajstić information content (AvgIpc) is 2.27. The number of hydrogen-bond donors (Lipinski definition) is 0. The Labute approximate surface area is 128 Å². The van der Waals surface area contributed by atoms with E-state index in [1.54, 1.807) is 0 Å². The Morgan fingerprint density at radius 1 is 0.789 bits per heavy atom. The van der Waals surface area contributed by atoms with Crippen molar-refractivity contribution < 1.29 is 4.79 Å². The highest BCUT2D eigenvalue weighted by Crippen LogP contribution is 2.20. The van der Waals surface area contributed by atoms with Crippen LogP contribution in [0.2, 0.25) is 20.6 Å². The number of rotatable bonds is 2. The van der Waals surface area contributed by atoms with Gasteiger partial charge in [-0.15, -0.1) is 0 Å². The first-order valence-electron chi connectivity index (χ1n) is 4.88. The lowest BCUT2D eigenvalue weighted by atomic mass is 10.1. The van der Waals surface area contributed by atoms with Gasteiger partial charge in [0, 0.05) is 0 Å². The third-order valence-corrected chi connectivity index (χ3v) is 2.95. The summed E-state index contributed by atoms with van der Waals surface area (Å²) in [5.41, 5.74) is 10.3. The molecule has 0 aliphatic heterocycles. The van der Waals surface area contributed by atoms with E-state index in [1.165, 1.54) is 24.3 Å². The SMILES string of the molecule is [N-]=[N+]=C(c1cc(Cl)nc(Cl)c1)c1cc(Cl)nc(Cl)c1. The molecular weight excluding hydrogens is 330 g/mol. The lowest BCUT2D eigenvalue weighted by molar-refractivity contribution is -0.00280. The van der Waals surface area contributed by atoms with Crippen LogP contribution in [0.25, 0.3) is 5.53 Å². The van der Waals surface area contributed by atoms with Gasteiger partial charge >= 0.3 is 5.71 Å². The second kappa shape index (κ2) is 5.87. The molecule has 19 heavy (non-hydrogen) atoms. The van der Waals surface area contributed by atoms with Crippen LogP contribution in [-0.2, 0) is 0 Å². The number of hydrogen-bond acceptors (Lipinski definition) is 2. The lowest BCUT2D eigenvalue weighted by Gasteiger charge is -2.00. The largest absolute Gasteiger partial charge is 0.361 e.